The summed E-state index contributed by atoms with van der Waals surface area (Å²) < 4.78 is 1.63. The van der Waals surface area contributed by atoms with Crippen molar-refractivity contribution in [2.75, 3.05) is 0 Å². The number of carboxylic acid groups (broad SMARTS) is 1. The average Bonchev–Trinajstić information content (AvgIpc) is 2.85. The van der Waals surface area contributed by atoms with Gasteiger partial charge in [0.1, 0.15) is 11.9 Å². The summed E-state index contributed by atoms with van der Waals surface area (Å²) in [6.07, 6.45) is 2.07. The number of carboxylic acids is 1. The summed E-state index contributed by atoms with van der Waals surface area (Å²) in [7, 11) is 0. The number of aromatic nitrogens is 4. The predicted octanol–water partition coefficient (Wildman–Crippen LogP) is 0.653. The van der Waals surface area contributed by atoms with Gasteiger partial charge in [-0.25, -0.2) is 14.3 Å². The minimum atomic E-state index is -1.28. The van der Waals surface area contributed by atoms with Crippen molar-refractivity contribution in [2.45, 2.75) is 46.1 Å². The molecule has 0 saturated heterocycles. The first kappa shape index (κ1) is 15.9. The zero-order valence-electron chi connectivity index (χ0n) is 13.0. The minimum absolute atomic E-state index is 0.181. The fourth-order valence-corrected chi connectivity index (χ4v) is 2.22. The highest BCUT2D eigenvalue weighted by Crippen LogP contribution is 2.15. The van der Waals surface area contributed by atoms with E-state index in [0.717, 1.165) is 17.0 Å². The minimum Gasteiger partial charge on any atom is -0.480 e. The van der Waals surface area contributed by atoms with E-state index in [-0.39, 0.29) is 12.3 Å². The number of hydrogen-bond acceptors (Lipinski definition) is 5. The molecule has 0 fully saturated rings. The van der Waals surface area contributed by atoms with E-state index in [1.54, 1.807) is 4.52 Å². The average molecular weight is 305 g/mol. The summed E-state index contributed by atoms with van der Waals surface area (Å²) in [6.45, 7) is 6.65. The Morgan fingerprint density at radius 2 is 2.05 bits per heavy atom. The fraction of sp³-hybridized carbons (Fsp3) is 0.500. The molecule has 118 valence electrons. The van der Waals surface area contributed by atoms with Crippen LogP contribution in [0.4, 0.5) is 0 Å². The molecule has 2 aromatic heterocycles. The van der Waals surface area contributed by atoms with Gasteiger partial charge in [0.25, 0.3) is 5.78 Å². The van der Waals surface area contributed by atoms with Gasteiger partial charge in [-0.15, -0.1) is 0 Å². The molecule has 2 heterocycles. The van der Waals surface area contributed by atoms with Crippen LogP contribution in [0.15, 0.2) is 6.33 Å². The molecule has 0 aliphatic heterocycles. The number of rotatable bonds is 5. The molecule has 2 N–H and O–H groups in total. The molecule has 8 heteroatoms. The summed E-state index contributed by atoms with van der Waals surface area (Å²) in [5.41, 5.74) is 1.31. The molecule has 0 aliphatic carbocycles. The SMILES string of the molecule is Cc1nc2ncnn2c(C)c1CCC(=O)NC(C)(C)C(=O)O. The van der Waals surface area contributed by atoms with E-state index in [2.05, 4.69) is 20.4 Å². The Morgan fingerprint density at radius 1 is 1.36 bits per heavy atom. The molecule has 0 spiro atoms. The van der Waals surface area contributed by atoms with Gasteiger partial charge in [-0.1, -0.05) is 0 Å². The van der Waals surface area contributed by atoms with Crippen LogP contribution in [0.2, 0.25) is 0 Å². The lowest BCUT2D eigenvalue weighted by molar-refractivity contribution is -0.146. The molecule has 0 unspecified atom stereocenters. The molecule has 0 saturated carbocycles. The second kappa shape index (κ2) is 5.70. The van der Waals surface area contributed by atoms with Gasteiger partial charge in [-0.2, -0.15) is 10.1 Å². The van der Waals surface area contributed by atoms with Crippen LogP contribution in [0.5, 0.6) is 0 Å². The number of hydrogen-bond donors (Lipinski definition) is 2. The number of aryl methyl sites for hydroxylation is 2. The van der Waals surface area contributed by atoms with Crippen molar-refractivity contribution in [3.8, 4) is 0 Å². The van der Waals surface area contributed by atoms with Crippen molar-refractivity contribution >= 4 is 17.7 Å². The smallest absolute Gasteiger partial charge is 0.328 e. The van der Waals surface area contributed by atoms with Crippen molar-refractivity contribution in [3.63, 3.8) is 0 Å². The molecule has 1 amide bonds. The summed E-state index contributed by atoms with van der Waals surface area (Å²) in [5, 5.41) is 15.6. The van der Waals surface area contributed by atoms with Gasteiger partial charge >= 0.3 is 5.97 Å². The number of nitrogens with one attached hydrogen (secondary N) is 1. The molecule has 8 nitrogen and oxygen atoms in total. The third-order valence-electron chi connectivity index (χ3n) is 3.58. The van der Waals surface area contributed by atoms with Gasteiger partial charge in [0.05, 0.1) is 0 Å². The van der Waals surface area contributed by atoms with Crippen LogP contribution in [0.1, 0.15) is 37.2 Å². The highest BCUT2D eigenvalue weighted by molar-refractivity contribution is 5.86. The van der Waals surface area contributed by atoms with Gasteiger partial charge in [-0.3, -0.25) is 4.79 Å². The molecule has 0 aliphatic rings. The third kappa shape index (κ3) is 3.05. The first-order chi connectivity index (χ1) is 10.2. The highest BCUT2D eigenvalue weighted by atomic mass is 16.4. The van der Waals surface area contributed by atoms with Crippen LogP contribution in [0.3, 0.4) is 0 Å². The largest absolute Gasteiger partial charge is 0.480 e. The van der Waals surface area contributed by atoms with Gasteiger partial charge < -0.3 is 10.4 Å². The monoisotopic (exact) mass is 305 g/mol. The van der Waals surface area contributed by atoms with E-state index in [4.69, 9.17) is 5.11 Å². The van der Waals surface area contributed by atoms with Crippen LogP contribution in [0, 0.1) is 13.8 Å². The normalized spacial score (nSPS) is 11.6. The number of aliphatic carboxylic acids is 1. The molecule has 2 rings (SSSR count). The van der Waals surface area contributed by atoms with Crippen LogP contribution in [0.25, 0.3) is 5.78 Å². The van der Waals surface area contributed by atoms with Crippen molar-refractivity contribution in [1.29, 1.82) is 0 Å². The fourth-order valence-electron chi connectivity index (χ4n) is 2.22. The molecular formula is C14H19N5O3. The molecular weight excluding hydrogens is 286 g/mol. The summed E-state index contributed by atoms with van der Waals surface area (Å²) in [5.74, 6) is -0.862. The van der Waals surface area contributed by atoms with Crippen LogP contribution >= 0.6 is 0 Å². The highest BCUT2D eigenvalue weighted by Gasteiger charge is 2.28. The maximum absolute atomic E-state index is 11.9. The molecule has 2 aromatic rings. The molecule has 0 aromatic carbocycles. The van der Waals surface area contributed by atoms with Crippen molar-refractivity contribution in [2.24, 2.45) is 0 Å². The molecule has 0 radical (unpaired) electrons. The summed E-state index contributed by atoms with van der Waals surface area (Å²) in [4.78, 5) is 31.3. The molecule has 22 heavy (non-hydrogen) atoms. The zero-order valence-corrected chi connectivity index (χ0v) is 13.0. The van der Waals surface area contributed by atoms with Gasteiger partial charge in [0.15, 0.2) is 0 Å². The number of carbonyl (C=O) groups is 2. The first-order valence-corrected chi connectivity index (χ1v) is 6.92. The standard InChI is InChI=1S/C14H19N5O3/c1-8-10(9(2)19-13(17-8)15-7-16-19)5-6-11(20)18-14(3,4)12(21)22/h7H,5-6H2,1-4H3,(H,18,20)(H,21,22). The van der Waals surface area contributed by atoms with Crippen molar-refractivity contribution < 1.29 is 14.7 Å². The molecule has 0 bridgehead atoms. The van der Waals surface area contributed by atoms with Crippen molar-refractivity contribution in [3.05, 3.63) is 23.3 Å². The number of fused-ring (bicyclic) bond motifs is 1. The Hall–Kier alpha value is -2.51. The van der Waals surface area contributed by atoms with Crippen LogP contribution in [-0.2, 0) is 16.0 Å². The van der Waals surface area contributed by atoms with E-state index in [0.29, 0.717) is 12.2 Å². The predicted molar refractivity (Wildman–Crippen MR) is 78.4 cm³/mol. The van der Waals surface area contributed by atoms with E-state index in [1.807, 2.05) is 13.8 Å². The number of nitrogens with zero attached hydrogens (tertiary/aromatic N) is 4. The third-order valence-corrected chi connectivity index (χ3v) is 3.58. The van der Waals surface area contributed by atoms with Crippen LogP contribution < -0.4 is 5.32 Å². The maximum Gasteiger partial charge on any atom is 0.328 e. The summed E-state index contributed by atoms with van der Waals surface area (Å²) >= 11 is 0. The lowest BCUT2D eigenvalue weighted by atomic mass is 10.0. The Bertz CT molecular complexity index is 735. The molecule has 0 atom stereocenters. The first-order valence-electron chi connectivity index (χ1n) is 6.92. The topological polar surface area (TPSA) is 109 Å². The lowest BCUT2D eigenvalue weighted by Crippen LogP contribution is -2.49. The van der Waals surface area contributed by atoms with Crippen LogP contribution in [-0.4, -0.2) is 42.1 Å². The Kier molecular flexibility index (Phi) is 4.11. The zero-order chi connectivity index (χ0) is 16.5. The Morgan fingerprint density at radius 3 is 2.68 bits per heavy atom. The second-order valence-corrected chi connectivity index (χ2v) is 5.71. The van der Waals surface area contributed by atoms with Gasteiger partial charge in [0, 0.05) is 17.8 Å². The number of carbonyl (C=O) groups excluding carboxylic acids is 1. The van der Waals surface area contributed by atoms with Gasteiger partial charge in [0.2, 0.25) is 5.91 Å². The van der Waals surface area contributed by atoms with Crippen molar-refractivity contribution in [1.82, 2.24) is 24.9 Å². The quantitative estimate of drug-likeness (QED) is 0.839. The van der Waals surface area contributed by atoms with E-state index >= 15 is 0 Å². The maximum atomic E-state index is 11.9. The lowest BCUT2D eigenvalue weighted by Gasteiger charge is -2.21. The van der Waals surface area contributed by atoms with E-state index < -0.39 is 11.5 Å². The Labute approximate surface area is 127 Å². The second-order valence-electron chi connectivity index (χ2n) is 5.71. The van der Waals surface area contributed by atoms with E-state index in [1.165, 1.54) is 20.2 Å². The van der Waals surface area contributed by atoms with Gasteiger partial charge in [-0.05, 0) is 39.7 Å². The van der Waals surface area contributed by atoms with E-state index in [9.17, 15) is 9.59 Å². The summed E-state index contributed by atoms with van der Waals surface area (Å²) in [6, 6.07) is 0. The Balaban J connectivity index is 2.12. The number of amides is 1.